The van der Waals surface area contributed by atoms with Crippen LogP contribution in [0.1, 0.15) is 65.2 Å². The van der Waals surface area contributed by atoms with E-state index < -0.39 is 61.2 Å². The number of nitrogens with zero attached hydrogens (tertiary/aromatic N) is 3. The van der Waals surface area contributed by atoms with Crippen LogP contribution in [0.3, 0.4) is 0 Å². The first kappa shape index (κ1) is 35.7. The first-order valence-electron chi connectivity index (χ1n) is 16.7. The van der Waals surface area contributed by atoms with Crippen molar-refractivity contribution in [2.75, 3.05) is 25.6 Å². The van der Waals surface area contributed by atoms with Crippen molar-refractivity contribution in [3.8, 4) is 5.75 Å². The van der Waals surface area contributed by atoms with Crippen LogP contribution in [-0.2, 0) is 47.2 Å². The average molecular weight is 716 g/mol. The van der Waals surface area contributed by atoms with Crippen molar-refractivity contribution in [3.63, 3.8) is 0 Å². The smallest absolute Gasteiger partial charge is 0.459 e. The number of anilines is 1. The van der Waals surface area contributed by atoms with Crippen molar-refractivity contribution in [2.24, 2.45) is 5.92 Å². The molecule has 17 heteroatoms. The minimum atomic E-state index is -4.51. The molecule has 16 nitrogen and oxygen atoms in total. The fourth-order valence-electron chi connectivity index (χ4n) is 6.48. The molecule has 4 heterocycles. The largest absolute Gasteiger partial charge is 0.464 e. The Balaban J connectivity index is 1.33. The Hall–Kier alpha value is -4.08. The van der Waals surface area contributed by atoms with Crippen LogP contribution >= 0.6 is 7.75 Å². The molecule has 1 aliphatic carbocycles. The van der Waals surface area contributed by atoms with Gasteiger partial charge in [-0.3, -0.25) is 18.9 Å². The quantitative estimate of drug-likeness (QED) is 0.139. The summed E-state index contributed by atoms with van der Waals surface area (Å²) in [6.07, 6.45) is -0.859. The molecule has 1 aromatic carbocycles. The fraction of sp³-hybridized carbons (Fsp3) is 0.545. The highest BCUT2D eigenvalue weighted by atomic mass is 31.2. The van der Waals surface area contributed by atoms with Gasteiger partial charge in [-0.05, 0) is 56.9 Å². The van der Waals surface area contributed by atoms with Crippen molar-refractivity contribution in [1.82, 2.24) is 19.7 Å². The van der Waals surface area contributed by atoms with Gasteiger partial charge in [0.05, 0.1) is 12.3 Å². The number of hydrogen-bond acceptors (Lipinski definition) is 14. The summed E-state index contributed by atoms with van der Waals surface area (Å²) < 4.78 is 57.9. The highest BCUT2D eigenvalue weighted by Gasteiger charge is 2.91. The number of benzene rings is 1. The second kappa shape index (κ2) is 14.3. The zero-order valence-electron chi connectivity index (χ0n) is 28.3. The van der Waals surface area contributed by atoms with Gasteiger partial charge >= 0.3 is 25.7 Å². The highest BCUT2D eigenvalue weighted by Crippen LogP contribution is 2.71. The third-order valence-electron chi connectivity index (χ3n) is 9.29. The van der Waals surface area contributed by atoms with Gasteiger partial charge in [0.25, 0.3) is 0 Å². The standard InChI is InChI=1S/C33H42N5O11P/c1-5-25(39)45-28-27(23-12-13-24-29(34)35-19-36-38(23)24)47-32(4)31(33(28,32)46-26(40)6-2)49-50(42,48-22-10-8-7-9-11-22)37-20(3)30(41)44-18-21-14-16-43-17-15-21/h7-13,19-21,27-28,31H,5-6,14-18H2,1-4H3,(H,37,42)(H2,34,35,36)/t20-,27-,28-,31?,32+,33+,50?/m0/s1. The summed E-state index contributed by atoms with van der Waals surface area (Å²) in [5.74, 6) is -1.39. The number of carbonyl (C=O) groups excluding carboxylic acids is 3. The molecule has 270 valence electrons. The molecule has 50 heavy (non-hydrogen) atoms. The van der Waals surface area contributed by atoms with Crippen LogP contribution in [-0.4, -0.2) is 81.8 Å². The molecule has 3 aromatic rings. The molecule has 6 rings (SSSR count). The lowest BCUT2D eigenvalue weighted by Gasteiger charge is -2.30. The molecule has 0 bridgehead atoms. The van der Waals surface area contributed by atoms with E-state index in [-0.39, 0.29) is 36.9 Å². The van der Waals surface area contributed by atoms with E-state index >= 15 is 0 Å². The molecule has 2 aromatic heterocycles. The number of carbonyl (C=O) groups is 3. The maximum absolute atomic E-state index is 14.7. The zero-order valence-corrected chi connectivity index (χ0v) is 29.2. The lowest BCUT2D eigenvalue weighted by atomic mass is 10.0. The van der Waals surface area contributed by atoms with Gasteiger partial charge in [0, 0.05) is 26.1 Å². The van der Waals surface area contributed by atoms with Gasteiger partial charge in [0.15, 0.2) is 11.9 Å². The molecule has 0 radical (unpaired) electrons. The summed E-state index contributed by atoms with van der Waals surface area (Å²) in [7, 11) is -4.51. The maximum Gasteiger partial charge on any atom is 0.459 e. The van der Waals surface area contributed by atoms with Gasteiger partial charge in [-0.15, -0.1) is 0 Å². The van der Waals surface area contributed by atoms with E-state index in [9.17, 15) is 18.9 Å². The topological polar surface area (TPSA) is 201 Å². The summed E-state index contributed by atoms with van der Waals surface area (Å²) in [6, 6.07) is 10.5. The molecule has 7 atom stereocenters. The van der Waals surface area contributed by atoms with Crippen molar-refractivity contribution in [3.05, 3.63) is 54.5 Å². The van der Waals surface area contributed by atoms with E-state index in [0.29, 0.717) is 24.4 Å². The average Bonchev–Trinajstić information content (AvgIpc) is 3.38. The van der Waals surface area contributed by atoms with Gasteiger partial charge in [0.2, 0.25) is 5.60 Å². The Morgan fingerprint density at radius 1 is 1.10 bits per heavy atom. The van der Waals surface area contributed by atoms with Gasteiger partial charge in [-0.2, -0.15) is 10.2 Å². The second-order valence-corrected chi connectivity index (χ2v) is 14.3. The van der Waals surface area contributed by atoms with Crippen LogP contribution in [0.5, 0.6) is 5.75 Å². The number of ether oxygens (including phenoxy) is 5. The Labute approximate surface area is 288 Å². The molecule has 1 saturated carbocycles. The van der Waals surface area contributed by atoms with Gasteiger partial charge in [0.1, 0.15) is 41.4 Å². The molecular weight excluding hydrogens is 673 g/mol. The number of nitrogens with one attached hydrogen (secondary N) is 1. The van der Waals surface area contributed by atoms with E-state index in [1.165, 1.54) is 17.8 Å². The molecule has 3 aliphatic rings. The van der Waals surface area contributed by atoms with Crippen LogP contribution < -0.4 is 15.3 Å². The van der Waals surface area contributed by atoms with E-state index in [4.69, 9.17) is 38.5 Å². The van der Waals surface area contributed by atoms with Crippen LogP contribution in [0.2, 0.25) is 0 Å². The Bertz CT molecular complexity index is 1770. The van der Waals surface area contributed by atoms with Crippen LogP contribution in [0.15, 0.2) is 48.8 Å². The van der Waals surface area contributed by atoms with Gasteiger partial charge < -0.3 is 33.9 Å². The normalized spacial score (nSPS) is 27.9. The molecule has 2 unspecified atom stereocenters. The number of esters is 3. The summed E-state index contributed by atoms with van der Waals surface area (Å²) >= 11 is 0. The summed E-state index contributed by atoms with van der Waals surface area (Å²) in [6.45, 7) is 7.66. The van der Waals surface area contributed by atoms with E-state index in [2.05, 4.69) is 15.2 Å². The van der Waals surface area contributed by atoms with Crippen molar-refractivity contribution >= 4 is 37.0 Å². The van der Waals surface area contributed by atoms with E-state index in [1.807, 2.05) is 0 Å². The van der Waals surface area contributed by atoms with Crippen LogP contribution in [0.4, 0.5) is 5.82 Å². The fourth-order valence-corrected chi connectivity index (χ4v) is 8.25. The minimum absolute atomic E-state index is 0.00203. The number of rotatable bonds is 14. The second-order valence-electron chi connectivity index (χ2n) is 12.7. The van der Waals surface area contributed by atoms with Gasteiger partial charge in [-0.1, -0.05) is 32.0 Å². The first-order valence-corrected chi connectivity index (χ1v) is 18.2. The lowest BCUT2D eigenvalue weighted by molar-refractivity contribution is -0.177. The Morgan fingerprint density at radius 3 is 2.52 bits per heavy atom. The molecule has 3 N–H and O–H groups in total. The number of para-hydroxylation sites is 1. The Morgan fingerprint density at radius 2 is 1.82 bits per heavy atom. The molecule has 3 fully saturated rings. The number of nitrogens with two attached hydrogens (primary N) is 1. The summed E-state index contributed by atoms with van der Waals surface area (Å²) in [4.78, 5) is 43.1. The predicted octanol–water partition coefficient (Wildman–Crippen LogP) is 3.69. The molecule has 0 amide bonds. The third kappa shape index (κ3) is 6.70. The van der Waals surface area contributed by atoms with Crippen molar-refractivity contribution in [1.29, 1.82) is 0 Å². The van der Waals surface area contributed by atoms with Crippen molar-refractivity contribution in [2.45, 2.75) is 88.9 Å². The van der Waals surface area contributed by atoms with E-state index in [1.54, 1.807) is 63.2 Å². The highest BCUT2D eigenvalue weighted by molar-refractivity contribution is 7.52. The third-order valence-corrected chi connectivity index (χ3v) is 10.9. The number of nitrogen functional groups attached to an aromatic ring is 1. The summed E-state index contributed by atoms with van der Waals surface area (Å²) in [5.41, 5.74) is 3.68. The van der Waals surface area contributed by atoms with Gasteiger partial charge in [-0.25, -0.2) is 14.1 Å². The number of aromatic nitrogens is 3. The van der Waals surface area contributed by atoms with Crippen LogP contribution in [0, 0.1) is 5.92 Å². The molecule has 2 saturated heterocycles. The van der Waals surface area contributed by atoms with Crippen LogP contribution in [0.25, 0.3) is 5.52 Å². The number of fused-ring (bicyclic) bond motifs is 2. The molecule has 2 aliphatic heterocycles. The lowest BCUT2D eigenvalue weighted by Crippen LogP contribution is -2.43. The first-order chi connectivity index (χ1) is 23.9. The monoisotopic (exact) mass is 715 g/mol. The minimum Gasteiger partial charge on any atom is -0.464 e. The summed E-state index contributed by atoms with van der Waals surface area (Å²) in [5, 5.41) is 7.00. The molecular formula is C33H42N5O11P. The SMILES string of the molecule is CCC(=O)O[C@H]1[C@H](c2ccc3c(N)ncnn23)O[C@]2(C)C(OP(=O)(N[C@@H](C)C(=O)OCC3CCOCC3)Oc3ccccc3)[C@]12OC(=O)CC. The predicted molar refractivity (Wildman–Crippen MR) is 176 cm³/mol. The molecule has 0 spiro atoms. The van der Waals surface area contributed by atoms with E-state index in [0.717, 1.165) is 12.8 Å². The van der Waals surface area contributed by atoms with Crippen molar-refractivity contribution < 1.29 is 51.7 Å². The maximum atomic E-state index is 14.7. The Kier molecular flexibility index (Phi) is 10.2. The zero-order chi connectivity index (χ0) is 35.7. The number of hydrogen-bond donors (Lipinski definition) is 2.